The molecule has 0 unspecified atom stereocenters. The van der Waals surface area contributed by atoms with Gasteiger partial charge in [0.05, 0.1) is 13.7 Å². The molecule has 0 bridgehead atoms. The van der Waals surface area contributed by atoms with Gasteiger partial charge in [0.15, 0.2) is 0 Å². The molecular formula is C16H18N2O4S. The summed E-state index contributed by atoms with van der Waals surface area (Å²) in [5.74, 6) is -1.68. The highest BCUT2D eigenvalue weighted by Gasteiger charge is 2.33. The van der Waals surface area contributed by atoms with Crippen molar-refractivity contribution in [1.82, 2.24) is 0 Å². The van der Waals surface area contributed by atoms with E-state index in [-0.39, 0.29) is 23.7 Å². The number of carbonyl (C=O) groups is 2. The van der Waals surface area contributed by atoms with Gasteiger partial charge in [0, 0.05) is 10.8 Å². The molecule has 1 saturated carbocycles. The van der Waals surface area contributed by atoms with Crippen molar-refractivity contribution in [3.05, 3.63) is 21.6 Å². The van der Waals surface area contributed by atoms with Crippen LogP contribution >= 0.6 is 11.8 Å². The molecule has 1 aliphatic carbocycles. The molecule has 0 N–H and O–H groups in total. The summed E-state index contributed by atoms with van der Waals surface area (Å²) in [4.78, 5) is 24.3. The minimum absolute atomic E-state index is 0.0249. The summed E-state index contributed by atoms with van der Waals surface area (Å²) in [6.45, 7) is 1.85. The fourth-order valence-electron chi connectivity index (χ4n) is 2.61. The Morgan fingerprint density at radius 3 is 2.48 bits per heavy atom. The summed E-state index contributed by atoms with van der Waals surface area (Å²) in [6.07, 6.45) is 3.76. The van der Waals surface area contributed by atoms with Gasteiger partial charge in [0.1, 0.15) is 23.3 Å². The van der Waals surface area contributed by atoms with Crippen LogP contribution in [-0.2, 0) is 19.1 Å². The Bertz CT molecular complexity index is 637. The Balaban J connectivity index is 3.42. The van der Waals surface area contributed by atoms with E-state index < -0.39 is 11.9 Å². The standard InChI is InChI=1S/C16H18N2O4S/c1-4-22-16(20)12(8-17)10-6-5-7-11(10)14(23-3)13(9-18)15(19)21-2/h11H,4-7H2,1-3H3/b12-10+,14-13+/t11-/m0/s1. The number of allylic oxidation sites excluding steroid dienone is 2. The lowest BCUT2D eigenvalue weighted by Crippen LogP contribution is -2.14. The van der Waals surface area contributed by atoms with Gasteiger partial charge in [-0.05, 0) is 38.0 Å². The van der Waals surface area contributed by atoms with Crippen molar-refractivity contribution in [2.75, 3.05) is 20.0 Å². The van der Waals surface area contributed by atoms with E-state index in [0.29, 0.717) is 23.3 Å². The van der Waals surface area contributed by atoms with Crippen LogP contribution in [-0.4, -0.2) is 31.9 Å². The van der Waals surface area contributed by atoms with Crippen molar-refractivity contribution in [1.29, 1.82) is 10.5 Å². The molecule has 0 aliphatic heterocycles. The number of hydrogen-bond acceptors (Lipinski definition) is 7. The van der Waals surface area contributed by atoms with Crippen LogP contribution in [0.4, 0.5) is 0 Å². The summed E-state index contributed by atoms with van der Waals surface area (Å²) in [7, 11) is 1.21. The zero-order valence-corrected chi connectivity index (χ0v) is 14.2. The monoisotopic (exact) mass is 334 g/mol. The minimum Gasteiger partial charge on any atom is -0.465 e. The largest absolute Gasteiger partial charge is 0.465 e. The second-order valence-corrected chi connectivity index (χ2v) is 5.57. The van der Waals surface area contributed by atoms with Crippen LogP contribution in [0.3, 0.4) is 0 Å². The van der Waals surface area contributed by atoms with E-state index in [1.54, 1.807) is 13.2 Å². The molecular weight excluding hydrogens is 316 g/mol. The van der Waals surface area contributed by atoms with Crippen molar-refractivity contribution < 1.29 is 19.1 Å². The van der Waals surface area contributed by atoms with E-state index in [0.717, 1.165) is 6.42 Å². The number of thioether (sulfide) groups is 1. The molecule has 0 amide bonds. The number of ether oxygens (including phenoxy) is 2. The lowest BCUT2D eigenvalue weighted by atomic mass is 9.95. The SMILES string of the molecule is CCOC(=O)/C(C#N)=C1\CCC[C@@H]1/C(SC)=C(/C#N)C(=O)OC. The highest BCUT2D eigenvalue weighted by Crippen LogP contribution is 2.43. The van der Waals surface area contributed by atoms with E-state index in [9.17, 15) is 20.1 Å². The van der Waals surface area contributed by atoms with Gasteiger partial charge >= 0.3 is 11.9 Å². The zero-order valence-electron chi connectivity index (χ0n) is 13.3. The number of hydrogen-bond donors (Lipinski definition) is 0. The lowest BCUT2D eigenvalue weighted by molar-refractivity contribution is -0.138. The molecule has 0 aromatic carbocycles. The molecule has 0 spiro atoms. The smallest absolute Gasteiger partial charge is 0.349 e. The second-order valence-electron chi connectivity index (χ2n) is 4.72. The van der Waals surface area contributed by atoms with Crippen LogP contribution in [0, 0.1) is 28.6 Å². The first-order valence-electron chi connectivity index (χ1n) is 7.12. The number of nitrogens with zero attached hydrogens (tertiary/aromatic N) is 2. The molecule has 1 rings (SSSR count). The summed E-state index contributed by atoms with van der Waals surface area (Å²) in [5, 5.41) is 18.6. The van der Waals surface area contributed by atoms with Crippen molar-refractivity contribution in [2.24, 2.45) is 5.92 Å². The van der Waals surface area contributed by atoms with E-state index in [1.165, 1.54) is 18.9 Å². The average Bonchev–Trinajstić information content (AvgIpc) is 3.01. The van der Waals surface area contributed by atoms with Gasteiger partial charge in [-0.3, -0.25) is 0 Å². The number of methoxy groups -OCH3 is 1. The molecule has 7 heteroatoms. The van der Waals surface area contributed by atoms with Crippen molar-refractivity contribution >= 4 is 23.7 Å². The molecule has 0 heterocycles. The molecule has 1 fully saturated rings. The fraction of sp³-hybridized carbons (Fsp3) is 0.500. The van der Waals surface area contributed by atoms with Crippen LogP contribution in [0.25, 0.3) is 0 Å². The van der Waals surface area contributed by atoms with Crippen LogP contribution in [0.1, 0.15) is 26.2 Å². The Hall–Kier alpha value is -2.25. The van der Waals surface area contributed by atoms with Crippen molar-refractivity contribution in [3.63, 3.8) is 0 Å². The molecule has 23 heavy (non-hydrogen) atoms. The summed E-state index contributed by atoms with van der Waals surface area (Å²) >= 11 is 1.26. The van der Waals surface area contributed by atoms with Crippen LogP contribution in [0.5, 0.6) is 0 Å². The van der Waals surface area contributed by atoms with Gasteiger partial charge in [-0.1, -0.05) is 0 Å². The molecule has 1 aliphatic rings. The third kappa shape index (κ3) is 4.14. The van der Waals surface area contributed by atoms with Gasteiger partial charge in [0.25, 0.3) is 0 Å². The third-order valence-corrected chi connectivity index (χ3v) is 4.48. The van der Waals surface area contributed by atoms with E-state index >= 15 is 0 Å². The number of rotatable bonds is 5. The predicted molar refractivity (Wildman–Crippen MR) is 84.8 cm³/mol. The summed E-state index contributed by atoms with van der Waals surface area (Å²) in [5.41, 5.74) is 0.528. The summed E-state index contributed by atoms with van der Waals surface area (Å²) in [6, 6.07) is 3.79. The van der Waals surface area contributed by atoms with Crippen molar-refractivity contribution in [2.45, 2.75) is 26.2 Å². The van der Waals surface area contributed by atoms with Gasteiger partial charge in [-0.25, -0.2) is 9.59 Å². The second kappa shape index (κ2) is 9.02. The Morgan fingerprint density at radius 2 is 2.00 bits per heavy atom. The third-order valence-electron chi connectivity index (χ3n) is 3.56. The van der Waals surface area contributed by atoms with Crippen LogP contribution in [0.2, 0.25) is 0 Å². The number of nitriles is 2. The van der Waals surface area contributed by atoms with Gasteiger partial charge in [-0.2, -0.15) is 10.5 Å². The fourth-order valence-corrected chi connectivity index (χ4v) is 3.49. The van der Waals surface area contributed by atoms with E-state index in [1.807, 2.05) is 12.1 Å². The number of esters is 2. The number of carbonyl (C=O) groups excluding carboxylic acids is 2. The zero-order chi connectivity index (χ0) is 17.4. The molecule has 0 radical (unpaired) electrons. The van der Waals surface area contributed by atoms with E-state index in [2.05, 4.69) is 4.74 Å². The molecule has 122 valence electrons. The molecule has 6 nitrogen and oxygen atoms in total. The average molecular weight is 334 g/mol. The summed E-state index contributed by atoms with van der Waals surface area (Å²) < 4.78 is 9.57. The predicted octanol–water partition coefficient (Wildman–Crippen LogP) is 2.48. The maximum atomic E-state index is 12.0. The quantitative estimate of drug-likeness (QED) is 0.432. The lowest BCUT2D eigenvalue weighted by Gasteiger charge is -2.17. The van der Waals surface area contributed by atoms with Gasteiger partial charge in [-0.15, -0.1) is 11.8 Å². The Morgan fingerprint density at radius 1 is 1.30 bits per heavy atom. The van der Waals surface area contributed by atoms with Crippen LogP contribution < -0.4 is 0 Å². The molecule has 1 atom stereocenters. The normalized spacial score (nSPS) is 20.0. The van der Waals surface area contributed by atoms with Gasteiger partial charge in [0.2, 0.25) is 0 Å². The first kappa shape index (κ1) is 18.8. The first-order valence-corrected chi connectivity index (χ1v) is 8.34. The minimum atomic E-state index is -0.710. The Labute approximate surface area is 139 Å². The van der Waals surface area contributed by atoms with Crippen LogP contribution in [0.15, 0.2) is 21.6 Å². The molecule has 0 saturated heterocycles. The Kier molecular flexibility index (Phi) is 7.37. The topological polar surface area (TPSA) is 100 Å². The van der Waals surface area contributed by atoms with Gasteiger partial charge < -0.3 is 9.47 Å². The maximum absolute atomic E-state index is 12.0. The highest BCUT2D eigenvalue weighted by molar-refractivity contribution is 8.02. The molecule has 0 aromatic rings. The molecule has 0 aromatic heterocycles. The van der Waals surface area contributed by atoms with Crippen molar-refractivity contribution in [3.8, 4) is 12.1 Å². The maximum Gasteiger partial charge on any atom is 0.349 e. The highest BCUT2D eigenvalue weighted by atomic mass is 32.2. The van der Waals surface area contributed by atoms with E-state index in [4.69, 9.17) is 4.74 Å². The first-order chi connectivity index (χ1) is 11.0.